The Morgan fingerprint density at radius 3 is 2.46 bits per heavy atom. The van der Waals surface area contributed by atoms with Crippen molar-refractivity contribution >= 4 is 40.0 Å². The molecule has 1 atom stereocenters. The number of rotatable bonds is 5. The van der Waals surface area contributed by atoms with E-state index in [1.807, 2.05) is 42.5 Å². The predicted octanol–water partition coefficient (Wildman–Crippen LogP) is 6.34. The quantitative estimate of drug-likeness (QED) is 0.416. The number of halogens is 2. The number of nitrogens with one attached hydrogen (secondary N) is 2. The van der Waals surface area contributed by atoms with E-state index in [2.05, 4.69) is 39.7 Å². The molecule has 4 rings (SSSR count). The van der Waals surface area contributed by atoms with Crippen molar-refractivity contribution in [1.29, 1.82) is 0 Å². The first-order valence-electron chi connectivity index (χ1n) is 8.90. The number of hydrogen-bond donors (Lipinski definition) is 2. The van der Waals surface area contributed by atoms with Crippen molar-refractivity contribution in [2.24, 2.45) is 0 Å². The minimum absolute atomic E-state index is 0.0434. The van der Waals surface area contributed by atoms with Crippen molar-refractivity contribution < 1.29 is 4.39 Å². The number of fused-ring (bicyclic) bond motifs is 1. The van der Waals surface area contributed by atoms with Crippen LogP contribution in [0.1, 0.15) is 18.5 Å². The summed E-state index contributed by atoms with van der Waals surface area (Å²) in [6, 6.07) is 22.4. The van der Waals surface area contributed by atoms with Crippen LogP contribution in [0.25, 0.3) is 10.9 Å². The summed E-state index contributed by atoms with van der Waals surface area (Å²) in [4.78, 5) is 9.21. The van der Waals surface area contributed by atoms with Gasteiger partial charge in [0.05, 0.1) is 10.5 Å². The van der Waals surface area contributed by atoms with Gasteiger partial charge in [-0.05, 0) is 42.8 Å². The van der Waals surface area contributed by atoms with Gasteiger partial charge in [0.1, 0.15) is 11.6 Å². The van der Waals surface area contributed by atoms with Crippen LogP contribution in [0.5, 0.6) is 0 Å². The maximum Gasteiger partial charge on any atom is 0.229 e. The molecule has 0 amide bonds. The predicted molar refractivity (Wildman–Crippen MR) is 113 cm³/mol. The minimum atomic E-state index is -0.467. The summed E-state index contributed by atoms with van der Waals surface area (Å²) in [5, 5.41) is 7.54. The molecule has 0 bridgehead atoms. The zero-order valence-electron chi connectivity index (χ0n) is 15.2. The van der Waals surface area contributed by atoms with Gasteiger partial charge in [0.2, 0.25) is 5.95 Å². The molecule has 1 heterocycles. The second-order valence-corrected chi connectivity index (χ2v) is 6.85. The van der Waals surface area contributed by atoms with Gasteiger partial charge in [-0.3, -0.25) is 0 Å². The molecule has 0 saturated carbocycles. The fourth-order valence-corrected chi connectivity index (χ4v) is 3.16. The molecule has 3 aromatic carbocycles. The summed E-state index contributed by atoms with van der Waals surface area (Å²) in [6.07, 6.45) is 0. The van der Waals surface area contributed by atoms with Crippen molar-refractivity contribution in [3.05, 3.63) is 89.2 Å². The fourth-order valence-electron chi connectivity index (χ4n) is 2.98. The minimum Gasteiger partial charge on any atom is -0.363 e. The lowest BCUT2D eigenvalue weighted by atomic mass is 10.1. The first-order valence-corrected chi connectivity index (χ1v) is 9.28. The number of para-hydroxylation sites is 1. The van der Waals surface area contributed by atoms with Crippen LogP contribution in [0, 0.1) is 5.82 Å². The average molecular weight is 393 g/mol. The topological polar surface area (TPSA) is 49.8 Å². The molecular weight excluding hydrogens is 375 g/mol. The van der Waals surface area contributed by atoms with E-state index in [1.54, 1.807) is 6.07 Å². The smallest absolute Gasteiger partial charge is 0.229 e. The standard InChI is InChI=1S/C22H18ClFN4/c1-14(15-7-3-2-4-8-15)25-21-17-9-5-6-10-20(17)27-22(28-21)26-16-11-12-19(24)18(23)13-16/h2-14H,1H3,(H2,25,26,27,28). The van der Waals surface area contributed by atoms with E-state index in [1.165, 1.54) is 12.1 Å². The molecule has 0 saturated heterocycles. The van der Waals surface area contributed by atoms with E-state index in [-0.39, 0.29) is 11.1 Å². The molecular formula is C22H18ClFN4. The van der Waals surface area contributed by atoms with Crippen LogP contribution < -0.4 is 10.6 Å². The average Bonchev–Trinajstić information content (AvgIpc) is 2.71. The normalized spacial score (nSPS) is 12.0. The van der Waals surface area contributed by atoms with E-state index in [0.29, 0.717) is 11.6 Å². The zero-order chi connectivity index (χ0) is 19.5. The summed E-state index contributed by atoms with van der Waals surface area (Å²) in [5.74, 6) is 0.660. The Labute approximate surface area is 167 Å². The largest absolute Gasteiger partial charge is 0.363 e. The lowest BCUT2D eigenvalue weighted by Gasteiger charge is -2.17. The Balaban J connectivity index is 1.69. The van der Waals surface area contributed by atoms with Gasteiger partial charge >= 0.3 is 0 Å². The molecule has 1 unspecified atom stereocenters. The molecule has 0 fully saturated rings. The maximum absolute atomic E-state index is 13.4. The van der Waals surface area contributed by atoms with Gasteiger partial charge in [0, 0.05) is 17.1 Å². The third kappa shape index (κ3) is 3.89. The number of nitrogens with zero attached hydrogens (tertiary/aromatic N) is 2. The van der Waals surface area contributed by atoms with Crippen LogP contribution >= 0.6 is 11.6 Å². The van der Waals surface area contributed by atoms with Crippen LogP contribution in [-0.4, -0.2) is 9.97 Å². The summed E-state index contributed by atoms with van der Waals surface area (Å²) in [6.45, 7) is 2.08. The van der Waals surface area contributed by atoms with Crippen molar-refractivity contribution in [1.82, 2.24) is 9.97 Å². The monoisotopic (exact) mass is 392 g/mol. The lowest BCUT2D eigenvalue weighted by Crippen LogP contribution is -2.10. The lowest BCUT2D eigenvalue weighted by molar-refractivity contribution is 0.628. The molecule has 4 aromatic rings. The Kier molecular flexibility index (Phi) is 5.08. The van der Waals surface area contributed by atoms with Gasteiger partial charge < -0.3 is 10.6 Å². The number of anilines is 3. The first kappa shape index (κ1) is 18.2. The molecule has 140 valence electrons. The van der Waals surface area contributed by atoms with Crippen molar-refractivity contribution in [3.63, 3.8) is 0 Å². The summed E-state index contributed by atoms with van der Waals surface area (Å²) < 4.78 is 13.4. The van der Waals surface area contributed by atoms with E-state index in [9.17, 15) is 4.39 Å². The number of hydrogen-bond acceptors (Lipinski definition) is 4. The van der Waals surface area contributed by atoms with Crippen LogP contribution in [-0.2, 0) is 0 Å². The van der Waals surface area contributed by atoms with E-state index in [0.717, 1.165) is 22.3 Å². The van der Waals surface area contributed by atoms with Gasteiger partial charge in [0.15, 0.2) is 0 Å². The third-order valence-corrected chi connectivity index (χ3v) is 4.72. The number of aromatic nitrogens is 2. The van der Waals surface area contributed by atoms with Gasteiger partial charge in [-0.2, -0.15) is 4.98 Å². The molecule has 28 heavy (non-hydrogen) atoms. The fraction of sp³-hybridized carbons (Fsp3) is 0.0909. The first-order chi connectivity index (χ1) is 13.6. The Morgan fingerprint density at radius 1 is 0.929 bits per heavy atom. The maximum atomic E-state index is 13.4. The van der Waals surface area contributed by atoms with Crippen LogP contribution in [0.15, 0.2) is 72.8 Å². The van der Waals surface area contributed by atoms with E-state index in [4.69, 9.17) is 11.6 Å². The Bertz CT molecular complexity index is 1120. The third-order valence-electron chi connectivity index (χ3n) is 4.43. The molecule has 6 heteroatoms. The molecule has 0 aliphatic rings. The van der Waals surface area contributed by atoms with Gasteiger partial charge in [-0.15, -0.1) is 0 Å². The second kappa shape index (κ2) is 7.82. The van der Waals surface area contributed by atoms with Gasteiger partial charge in [0.25, 0.3) is 0 Å². The van der Waals surface area contributed by atoms with Crippen molar-refractivity contribution in [2.75, 3.05) is 10.6 Å². The summed E-state index contributed by atoms with van der Waals surface area (Å²) in [5.41, 5.74) is 2.57. The molecule has 0 spiro atoms. The molecule has 0 aliphatic heterocycles. The molecule has 1 aromatic heterocycles. The SMILES string of the molecule is CC(Nc1nc(Nc2ccc(F)c(Cl)c2)nc2ccccc12)c1ccccc1. The van der Waals surface area contributed by atoms with Crippen LogP contribution in [0.2, 0.25) is 5.02 Å². The molecule has 0 radical (unpaired) electrons. The number of benzene rings is 3. The zero-order valence-corrected chi connectivity index (χ0v) is 15.9. The van der Waals surface area contributed by atoms with Gasteiger partial charge in [-0.25, -0.2) is 9.37 Å². The highest BCUT2D eigenvalue weighted by molar-refractivity contribution is 6.31. The van der Waals surface area contributed by atoms with E-state index >= 15 is 0 Å². The Morgan fingerprint density at radius 2 is 1.68 bits per heavy atom. The summed E-state index contributed by atoms with van der Waals surface area (Å²) in [7, 11) is 0. The highest BCUT2D eigenvalue weighted by Crippen LogP contribution is 2.28. The second-order valence-electron chi connectivity index (χ2n) is 6.44. The highest BCUT2D eigenvalue weighted by Gasteiger charge is 2.12. The van der Waals surface area contributed by atoms with E-state index < -0.39 is 5.82 Å². The highest BCUT2D eigenvalue weighted by atomic mass is 35.5. The van der Waals surface area contributed by atoms with Crippen LogP contribution in [0.3, 0.4) is 0 Å². The molecule has 0 aliphatic carbocycles. The summed E-state index contributed by atoms with van der Waals surface area (Å²) >= 11 is 5.87. The van der Waals surface area contributed by atoms with Crippen LogP contribution in [0.4, 0.5) is 21.8 Å². The van der Waals surface area contributed by atoms with Gasteiger partial charge in [-0.1, -0.05) is 54.1 Å². The van der Waals surface area contributed by atoms with Crippen molar-refractivity contribution in [2.45, 2.75) is 13.0 Å². The molecule has 4 nitrogen and oxygen atoms in total. The van der Waals surface area contributed by atoms with Crippen molar-refractivity contribution in [3.8, 4) is 0 Å². The Hall–Kier alpha value is -3.18. The molecule has 2 N–H and O–H groups in total.